The van der Waals surface area contributed by atoms with Gasteiger partial charge in [-0.3, -0.25) is 0 Å². The predicted molar refractivity (Wildman–Crippen MR) is 213 cm³/mol. The summed E-state index contributed by atoms with van der Waals surface area (Å²) < 4.78 is 2.44. The van der Waals surface area contributed by atoms with Gasteiger partial charge in [-0.15, -0.1) is 0 Å². The summed E-state index contributed by atoms with van der Waals surface area (Å²) in [5.41, 5.74) is 7.87. The summed E-state index contributed by atoms with van der Waals surface area (Å²) in [7, 11) is 0. The smallest absolute Gasteiger partial charge is 0.234 e. The summed E-state index contributed by atoms with van der Waals surface area (Å²) in [6, 6.07) is 53.8. The van der Waals surface area contributed by atoms with Gasteiger partial charge in [-0.2, -0.15) is 9.97 Å². The maximum Gasteiger partial charge on any atom is 0.234 e. The zero-order valence-corrected chi connectivity index (χ0v) is 28.1. The Kier molecular flexibility index (Phi) is 6.31. The molecule has 5 heteroatoms. The molecule has 244 valence electrons. The van der Waals surface area contributed by atoms with E-state index >= 15 is 0 Å². The molecule has 5 nitrogen and oxygen atoms in total. The van der Waals surface area contributed by atoms with Crippen molar-refractivity contribution in [2.75, 3.05) is 4.90 Å². The molecule has 1 aliphatic heterocycles. The van der Waals surface area contributed by atoms with Crippen LogP contribution in [0.2, 0.25) is 0 Å². The van der Waals surface area contributed by atoms with Crippen LogP contribution in [0.3, 0.4) is 0 Å². The van der Waals surface area contributed by atoms with Gasteiger partial charge in [0.2, 0.25) is 5.95 Å². The third kappa shape index (κ3) is 4.39. The lowest BCUT2D eigenvalue weighted by Crippen LogP contribution is -2.30. The number of allylic oxidation sites excluding steroid dienone is 2. The van der Waals surface area contributed by atoms with Crippen molar-refractivity contribution in [2.45, 2.75) is 12.0 Å². The van der Waals surface area contributed by atoms with Crippen molar-refractivity contribution in [1.29, 1.82) is 0 Å². The van der Waals surface area contributed by atoms with Crippen molar-refractivity contribution in [3.05, 3.63) is 182 Å². The number of nitrogens with zero attached hydrogens (tertiary/aromatic N) is 5. The second-order valence-corrected chi connectivity index (χ2v) is 13.6. The maximum absolute atomic E-state index is 5.31. The molecule has 2 aliphatic rings. The first kappa shape index (κ1) is 28.9. The lowest BCUT2D eigenvalue weighted by atomic mass is 9.90. The van der Waals surface area contributed by atoms with Gasteiger partial charge in [-0.05, 0) is 57.9 Å². The quantitative estimate of drug-likeness (QED) is 0.188. The Morgan fingerprint density at radius 2 is 1.10 bits per heavy atom. The van der Waals surface area contributed by atoms with Crippen LogP contribution in [0.15, 0.2) is 176 Å². The average Bonchev–Trinajstić information content (AvgIpc) is 3.74. The predicted octanol–water partition coefficient (Wildman–Crippen LogP) is 11.3. The lowest BCUT2D eigenvalue weighted by Gasteiger charge is -2.27. The summed E-state index contributed by atoms with van der Waals surface area (Å²) in [5, 5.41) is 7.15. The molecular formula is C47H31N5. The van der Waals surface area contributed by atoms with Crippen LogP contribution in [0, 0.1) is 0 Å². The van der Waals surface area contributed by atoms with E-state index in [2.05, 4.69) is 185 Å². The van der Waals surface area contributed by atoms with Gasteiger partial charge < -0.3 is 9.47 Å². The van der Waals surface area contributed by atoms with E-state index in [0.717, 1.165) is 33.3 Å². The van der Waals surface area contributed by atoms with E-state index in [-0.39, 0.29) is 12.0 Å². The largest absolute Gasteiger partial charge is 0.309 e. The highest BCUT2D eigenvalue weighted by molar-refractivity contribution is 6.12. The number of rotatable bonds is 4. The first-order valence-corrected chi connectivity index (χ1v) is 17.8. The van der Waals surface area contributed by atoms with E-state index in [0.29, 0.717) is 17.6 Å². The van der Waals surface area contributed by atoms with Gasteiger partial charge in [0, 0.05) is 39.1 Å². The van der Waals surface area contributed by atoms with Crippen molar-refractivity contribution >= 4 is 55.0 Å². The molecule has 3 heterocycles. The van der Waals surface area contributed by atoms with Gasteiger partial charge in [-0.1, -0.05) is 140 Å². The van der Waals surface area contributed by atoms with Gasteiger partial charge in [0.1, 0.15) is 0 Å². The van der Waals surface area contributed by atoms with Crippen molar-refractivity contribution < 1.29 is 0 Å². The second kappa shape index (κ2) is 11.3. The fraction of sp³-hybridized carbons (Fsp3) is 0.0426. The molecule has 0 N–H and O–H groups in total. The molecule has 0 radical (unpaired) electrons. The molecule has 2 aromatic heterocycles. The second-order valence-electron chi connectivity index (χ2n) is 13.6. The van der Waals surface area contributed by atoms with Gasteiger partial charge in [0.15, 0.2) is 11.6 Å². The standard InChI is InChI=1S/C47H31N5/c1-2-16-36(17-3-1)51-40-20-10-8-18-37(40)38-26-27-42-43(44(38)51)39-19-9-11-21-41(39)52(42)47-49-45(34-24-22-30-12-4-6-14-32(30)28-34)48-46(50-47)35-25-23-31-13-5-7-15-33(31)29-35/h1-29,39,41H. The molecule has 0 saturated carbocycles. The third-order valence-corrected chi connectivity index (χ3v) is 10.7. The fourth-order valence-electron chi connectivity index (χ4n) is 8.35. The van der Waals surface area contributed by atoms with Crippen LogP contribution >= 0.6 is 0 Å². The van der Waals surface area contributed by atoms with Crippen molar-refractivity contribution in [3.8, 4) is 28.5 Å². The lowest BCUT2D eigenvalue weighted by molar-refractivity contribution is 0.729. The number of para-hydroxylation sites is 2. The van der Waals surface area contributed by atoms with Crippen molar-refractivity contribution in [1.82, 2.24) is 19.5 Å². The maximum atomic E-state index is 5.31. The van der Waals surface area contributed by atoms with Crippen LogP contribution in [0.25, 0.3) is 71.8 Å². The average molecular weight is 666 g/mol. The van der Waals surface area contributed by atoms with Crippen LogP contribution in [0.5, 0.6) is 0 Å². The summed E-state index contributed by atoms with van der Waals surface area (Å²) >= 11 is 0. The Hall–Kier alpha value is -6.85. The highest BCUT2D eigenvalue weighted by atomic mass is 15.3. The van der Waals surface area contributed by atoms with Crippen LogP contribution in [0.4, 0.5) is 11.6 Å². The Balaban J connectivity index is 1.18. The minimum absolute atomic E-state index is 0.0101. The number of benzene rings is 7. The van der Waals surface area contributed by atoms with Crippen LogP contribution < -0.4 is 4.90 Å². The molecule has 0 saturated heterocycles. The summed E-state index contributed by atoms with van der Waals surface area (Å²) in [5.74, 6) is 2.04. The van der Waals surface area contributed by atoms with E-state index in [4.69, 9.17) is 15.0 Å². The number of aromatic nitrogens is 4. The van der Waals surface area contributed by atoms with Crippen LogP contribution in [-0.4, -0.2) is 25.6 Å². The number of fused-ring (bicyclic) bond motifs is 9. The Morgan fingerprint density at radius 3 is 1.81 bits per heavy atom. The molecule has 1 aliphatic carbocycles. The molecular weight excluding hydrogens is 635 g/mol. The Morgan fingerprint density at radius 1 is 0.481 bits per heavy atom. The summed E-state index contributed by atoms with van der Waals surface area (Å²) in [6.45, 7) is 0. The molecule has 9 aromatic rings. The van der Waals surface area contributed by atoms with Gasteiger partial charge in [-0.25, -0.2) is 4.98 Å². The number of hydrogen-bond acceptors (Lipinski definition) is 4. The molecule has 52 heavy (non-hydrogen) atoms. The minimum Gasteiger partial charge on any atom is -0.309 e. The number of hydrogen-bond donors (Lipinski definition) is 0. The highest BCUT2D eigenvalue weighted by Gasteiger charge is 2.41. The normalized spacial score (nSPS) is 16.3. The van der Waals surface area contributed by atoms with E-state index in [9.17, 15) is 0 Å². The summed E-state index contributed by atoms with van der Waals surface area (Å²) in [6.07, 6.45) is 8.96. The third-order valence-electron chi connectivity index (χ3n) is 10.7. The molecule has 7 aromatic carbocycles. The first-order valence-electron chi connectivity index (χ1n) is 17.8. The number of anilines is 2. The zero-order chi connectivity index (χ0) is 34.2. The van der Waals surface area contributed by atoms with Crippen LogP contribution in [0.1, 0.15) is 11.5 Å². The minimum atomic E-state index is -0.0101. The molecule has 2 atom stereocenters. The van der Waals surface area contributed by atoms with Crippen LogP contribution in [-0.2, 0) is 0 Å². The molecule has 0 spiro atoms. The van der Waals surface area contributed by atoms with E-state index in [1.165, 1.54) is 38.1 Å². The van der Waals surface area contributed by atoms with E-state index in [1.54, 1.807) is 0 Å². The molecule has 0 fully saturated rings. The zero-order valence-electron chi connectivity index (χ0n) is 28.1. The van der Waals surface area contributed by atoms with Gasteiger partial charge in [0.05, 0.1) is 22.8 Å². The Labute approximate surface area is 300 Å². The van der Waals surface area contributed by atoms with Gasteiger partial charge in [0.25, 0.3) is 0 Å². The monoisotopic (exact) mass is 665 g/mol. The van der Waals surface area contributed by atoms with E-state index < -0.39 is 0 Å². The van der Waals surface area contributed by atoms with Crippen molar-refractivity contribution in [3.63, 3.8) is 0 Å². The Bertz CT molecular complexity index is 2840. The molecule has 0 bridgehead atoms. The highest BCUT2D eigenvalue weighted by Crippen LogP contribution is 2.52. The molecule has 0 amide bonds. The van der Waals surface area contributed by atoms with Crippen molar-refractivity contribution in [2.24, 2.45) is 0 Å². The topological polar surface area (TPSA) is 46.8 Å². The molecule has 11 rings (SSSR count). The van der Waals surface area contributed by atoms with Gasteiger partial charge >= 0.3 is 0 Å². The summed E-state index contributed by atoms with van der Waals surface area (Å²) in [4.78, 5) is 18.1. The molecule has 2 unspecified atom stereocenters. The first-order chi connectivity index (χ1) is 25.8. The fourth-order valence-corrected chi connectivity index (χ4v) is 8.35. The SMILES string of the molecule is C1=CC2c3c(ccc4c5ccccc5n(-c5ccccc5)c34)N(c3nc(-c4ccc5ccccc5c4)nc(-c4ccc5ccccc5c4)n3)C2C=C1. The van der Waals surface area contributed by atoms with E-state index in [1.807, 2.05) is 0 Å².